The Morgan fingerprint density at radius 3 is 2.47 bits per heavy atom. The number of unbranched alkanes of at least 4 members (excludes halogenated alkanes) is 4. The summed E-state index contributed by atoms with van der Waals surface area (Å²) >= 11 is 0. The Balaban J connectivity index is 1.35. The van der Waals surface area contributed by atoms with Gasteiger partial charge in [0.15, 0.2) is 0 Å². The molecule has 1 N–H and O–H groups in total. The number of allylic oxidation sites excluding steroid dienone is 3. The molecule has 4 atom stereocenters. The minimum atomic E-state index is -0.153. The van der Waals surface area contributed by atoms with Gasteiger partial charge in [-0.3, -0.25) is 0 Å². The third-order valence-corrected chi connectivity index (χ3v) is 8.12. The van der Waals surface area contributed by atoms with Crippen molar-refractivity contribution < 1.29 is 5.11 Å². The Labute approximate surface area is 210 Å². The van der Waals surface area contributed by atoms with Crippen molar-refractivity contribution in [2.45, 2.75) is 104 Å². The van der Waals surface area contributed by atoms with Crippen LogP contribution in [0, 0.1) is 24.7 Å². The number of nitrogens with zero attached hydrogens (tertiary/aromatic N) is 1. The zero-order valence-electron chi connectivity index (χ0n) is 22.4. The van der Waals surface area contributed by atoms with Gasteiger partial charge in [-0.15, -0.1) is 0 Å². The molecule has 0 bridgehead atoms. The maximum atomic E-state index is 10.7. The van der Waals surface area contributed by atoms with Crippen LogP contribution in [0.4, 0.5) is 0 Å². The van der Waals surface area contributed by atoms with E-state index in [1.807, 2.05) is 0 Å². The van der Waals surface area contributed by atoms with Crippen molar-refractivity contribution >= 4 is 0 Å². The summed E-state index contributed by atoms with van der Waals surface area (Å²) in [6.45, 7) is 10.6. The fourth-order valence-electron chi connectivity index (χ4n) is 6.12. The molecule has 2 aliphatic rings. The highest BCUT2D eigenvalue weighted by atomic mass is 16.3. The number of fused-ring (bicyclic) bond motifs is 1. The second-order valence-corrected chi connectivity index (χ2v) is 11.1. The summed E-state index contributed by atoms with van der Waals surface area (Å²) in [6.07, 6.45) is 22.0. The predicted molar refractivity (Wildman–Crippen MR) is 147 cm³/mol. The number of aryl methyl sites for hydroxylation is 2. The van der Waals surface area contributed by atoms with E-state index in [9.17, 15) is 5.11 Å². The lowest BCUT2D eigenvalue weighted by Crippen LogP contribution is -2.27. The number of benzene rings is 1. The molecule has 0 saturated heterocycles. The molecule has 0 radical (unpaired) electrons. The van der Waals surface area contributed by atoms with E-state index >= 15 is 0 Å². The Morgan fingerprint density at radius 2 is 1.74 bits per heavy atom. The summed E-state index contributed by atoms with van der Waals surface area (Å²) in [7, 11) is 0. The molecule has 1 saturated carbocycles. The summed E-state index contributed by atoms with van der Waals surface area (Å²) in [4.78, 5) is 2.70. The van der Waals surface area contributed by atoms with Gasteiger partial charge in [0.05, 0.1) is 6.10 Å². The first kappa shape index (κ1) is 27.2. The molecule has 0 aromatic heterocycles. The van der Waals surface area contributed by atoms with Gasteiger partial charge in [0.2, 0.25) is 0 Å². The second-order valence-electron chi connectivity index (χ2n) is 11.1. The van der Waals surface area contributed by atoms with Gasteiger partial charge in [0.25, 0.3) is 0 Å². The van der Waals surface area contributed by atoms with Crippen LogP contribution in [0.1, 0.15) is 95.6 Å². The summed E-state index contributed by atoms with van der Waals surface area (Å²) in [5.74, 6) is 1.59. The van der Waals surface area contributed by atoms with Crippen molar-refractivity contribution in [3.8, 4) is 0 Å². The molecule has 34 heavy (non-hydrogen) atoms. The maximum absolute atomic E-state index is 10.7. The Kier molecular flexibility index (Phi) is 11.9. The van der Waals surface area contributed by atoms with Gasteiger partial charge in [-0.1, -0.05) is 86.7 Å². The van der Waals surface area contributed by atoms with Crippen LogP contribution in [-0.2, 0) is 6.42 Å². The smallest absolute Gasteiger partial charge is 0.0611 e. The Morgan fingerprint density at radius 1 is 0.971 bits per heavy atom. The SMILES string of the molecule is CCCCN(CCCC)CCCCCC1=C[C@H]2C[C@@H](O)[C@H](C=CCCc3cccc(C)c3)[C@H]2C1. The third kappa shape index (κ3) is 8.68. The topological polar surface area (TPSA) is 23.5 Å². The van der Waals surface area contributed by atoms with E-state index in [-0.39, 0.29) is 6.10 Å². The van der Waals surface area contributed by atoms with Crippen molar-refractivity contribution in [2.24, 2.45) is 17.8 Å². The molecule has 0 spiro atoms. The predicted octanol–water partition coefficient (Wildman–Crippen LogP) is 7.89. The van der Waals surface area contributed by atoms with Crippen LogP contribution in [0.15, 0.2) is 48.1 Å². The summed E-state index contributed by atoms with van der Waals surface area (Å²) in [5.41, 5.74) is 4.43. The lowest BCUT2D eigenvalue weighted by Gasteiger charge is -2.22. The van der Waals surface area contributed by atoms with E-state index in [1.165, 1.54) is 88.5 Å². The standard InChI is InChI=1S/C32H51NO/c1-4-6-19-33(20-7-5-2)21-12-8-9-16-28-23-29-25-32(34)30(31(29)24-28)18-11-10-15-27-17-13-14-26(3)22-27/h11,13-14,17-18,22-23,29-32,34H,4-10,12,15-16,19-21,24-25H2,1-3H3/t29-,30+,31-,32+/m0/s1. The van der Waals surface area contributed by atoms with Crippen LogP contribution in [0.2, 0.25) is 0 Å². The summed E-state index contributed by atoms with van der Waals surface area (Å²) in [5, 5.41) is 10.7. The molecule has 2 nitrogen and oxygen atoms in total. The van der Waals surface area contributed by atoms with Crippen LogP contribution in [0.5, 0.6) is 0 Å². The highest BCUT2D eigenvalue weighted by molar-refractivity contribution is 5.23. The quantitative estimate of drug-likeness (QED) is 0.198. The molecule has 1 aromatic rings. The minimum Gasteiger partial charge on any atom is -0.392 e. The van der Waals surface area contributed by atoms with Gasteiger partial charge in [-0.25, -0.2) is 0 Å². The van der Waals surface area contributed by atoms with Crippen LogP contribution in [-0.4, -0.2) is 35.7 Å². The molecule has 0 heterocycles. The molecule has 2 aliphatic carbocycles. The normalized spacial score (nSPS) is 24.3. The highest BCUT2D eigenvalue weighted by Gasteiger charge is 2.43. The zero-order chi connectivity index (χ0) is 24.2. The summed E-state index contributed by atoms with van der Waals surface area (Å²) < 4.78 is 0. The monoisotopic (exact) mass is 465 g/mol. The van der Waals surface area contributed by atoms with Gasteiger partial charge in [0.1, 0.15) is 0 Å². The number of aliphatic hydroxyl groups is 1. The third-order valence-electron chi connectivity index (χ3n) is 8.12. The van der Waals surface area contributed by atoms with Crippen molar-refractivity contribution in [2.75, 3.05) is 19.6 Å². The van der Waals surface area contributed by atoms with Crippen molar-refractivity contribution in [3.63, 3.8) is 0 Å². The van der Waals surface area contributed by atoms with Crippen molar-refractivity contribution in [1.29, 1.82) is 0 Å². The highest BCUT2D eigenvalue weighted by Crippen LogP contribution is 2.48. The molecule has 1 aromatic carbocycles. The van der Waals surface area contributed by atoms with Gasteiger partial charge in [-0.2, -0.15) is 0 Å². The van der Waals surface area contributed by atoms with Crippen LogP contribution < -0.4 is 0 Å². The molecule has 0 unspecified atom stereocenters. The van der Waals surface area contributed by atoms with E-state index in [1.54, 1.807) is 5.57 Å². The van der Waals surface area contributed by atoms with E-state index in [4.69, 9.17) is 0 Å². The van der Waals surface area contributed by atoms with Gasteiger partial charge < -0.3 is 10.0 Å². The minimum absolute atomic E-state index is 0.153. The van der Waals surface area contributed by atoms with E-state index < -0.39 is 0 Å². The lowest BCUT2D eigenvalue weighted by atomic mass is 9.88. The van der Waals surface area contributed by atoms with Gasteiger partial charge in [0, 0.05) is 5.92 Å². The van der Waals surface area contributed by atoms with Crippen molar-refractivity contribution in [3.05, 3.63) is 59.2 Å². The fraction of sp³-hybridized carbons (Fsp3) is 0.688. The first-order valence-electron chi connectivity index (χ1n) is 14.4. The van der Waals surface area contributed by atoms with Crippen LogP contribution >= 0.6 is 0 Å². The molecule has 0 amide bonds. The Bertz CT molecular complexity index is 758. The van der Waals surface area contributed by atoms with E-state index in [0.29, 0.717) is 17.8 Å². The first-order valence-corrected chi connectivity index (χ1v) is 14.4. The largest absolute Gasteiger partial charge is 0.392 e. The molecule has 0 aliphatic heterocycles. The van der Waals surface area contributed by atoms with E-state index in [2.05, 4.69) is 68.2 Å². The number of hydrogen-bond donors (Lipinski definition) is 1. The van der Waals surface area contributed by atoms with E-state index in [0.717, 1.165) is 19.3 Å². The number of aliphatic hydroxyl groups excluding tert-OH is 1. The second kappa shape index (κ2) is 14.9. The lowest BCUT2D eigenvalue weighted by molar-refractivity contribution is 0.141. The molecule has 190 valence electrons. The Hall–Kier alpha value is -1.38. The molecule has 2 heteroatoms. The van der Waals surface area contributed by atoms with Crippen molar-refractivity contribution in [1.82, 2.24) is 4.90 Å². The molecule has 1 fully saturated rings. The molecule has 3 rings (SSSR count). The molecular formula is C32H51NO. The number of hydrogen-bond acceptors (Lipinski definition) is 2. The molecular weight excluding hydrogens is 414 g/mol. The van der Waals surface area contributed by atoms with Crippen LogP contribution in [0.3, 0.4) is 0 Å². The van der Waals surface area contributed by atoms with Gasteiger partial charge in [-0.05, 0) is 102 Å². The van der Waals surface area contributed by atoms with Crippen LogP contribution in [0.25, 0.3) is 0 Å². The number of rotatable bonds is 16. The fourth-order valence-corrected chi connectivity index (χ4v) is 6.12. The first-order chi connectivity index (χ1) is 16.6. The average Bonchev–Trinajstić information content (AvgIpc) is 3.34. The zero-order valence-corrected chi connectivity index (χ0v) is 22.4. The average molecular weight is 466 g/mol. The maximum Gasteiger partial charge on any atom is 0.0611 e. The van der Waals surface area contributed by atoms with Gasteiger partial charge >= 0.3 is 0 Å². The summed E-state index contributed by atoms with van der Waals surface area (Å²) in [6, 6.07) is 8.83.